The van der Waals surface area contributed by atoms with Crippen LogP contribution in [0.4, 0.5) is 13.2 Å². The third kappa shape index (κ3) is 4.26. The molecule has 3 aromatic rings. The molecule has 0 fully saturated rings. The minimum atomic E-state index is -4.84. The first kappa shape index (κ1) is 21.2. The molecule has 1 aromatic carbocycles. The summed E-state index contributed by atoms with van der Waals surface area (Å²) in [7, 11) is 0. The molecule has 0 amide bonds. The Morgan fingerprint density at radius 2 is 1.93 bits per heavy atom. The highest BCUT2D eigenvalue weighted by Gasteiger charge is 2.35. The van der Waals surface area contributed by atoms with Gasteiger partial charge in [0, 0.05) is 18.0 Å². The van der Waals surface area contributed by atoms with Gasteiger partial charge in [0.25, 0.3) is 11.1 Å². The zero-order chi connectivity index (χ0) is 21.3. The SMILES string of the molecule is O=c1[nH]c(=O)c2cc(C(F)(F)F)c(Cl)c(SCC(CO)n3ccccc3=O)c2[nH]1. The molecule has 2 aromatic heterocycles. The second-order valence-corrected chi connectivity index (χ2v) is 7.40. The molecule has 0 spiro atoms. The summed E-state index contributed by atoms with van der Waals surface area (Å²) in [4.78, 5) is 39.6. The summed E-state index contributed by atoms with van der Waals surface area (Å²) >= 11 is 6.76. The van der Waals surface area contributed by atoms with Gasteiger partial charge in [-0.25, -0.2) is 4.79 Å². The summed E-state index contributed by atoms with van der Waals surface area (Å²) in [6, 6.07) is 4.15. The first-order valence-electron chi connectivity index (χ1n) is 8.10. The Morgan fingerprint density at radius 1 is 1.21 bits per heavy atom. The van der Waals surface area contributed by atoms with Crippen LogP contribution >= 0.6 is 23.4 Å². The van der Waals surface area contributed by atoms with Gasteiger partial charge in [-0.1, -0.05) is 17.7 Å². The van der Waals surface area contributed by atoms with Gasteiger partial charge in [0.05, 0.1) is 39.0 Å². The van der Waals surface area contributed by atoms with Crippen LogP contribution in [0.25, 0.3) is 10.9 Å². The number of aliphatic hydroxyl groups excluding tert-OH is 1. The van der Waals surface area contributed by atoms with Crippen molar-refractivity contribution in [2.24, 2.45) is 0 Å². The standard InChI is InChI=1S/C17H13ClF3N3O4S/c18-12-10(17(19,20)21)5-9-13(22-16(28)23-15(9)27)14(12)29-7-8(6-25)24-4-2-1-3-11(24)26/h1-5,8,25H,6-7H2,(H2,22,23,27,28). The lowest BCUT2D eigenvalue weighted by Crippen LogP contribution is -2.27. The number of rotatable bonds is 5. The average Bonchev–Trinajstić information content (AvgIpc) is 2.63. The highest BCUT2D eigenvalue weighted by atomic mass is 35.5. The number of benzene rings is 1. The third-order valence-corrected chi connectivity index (χ3v) is 5.86. The number of aromatic nitrogens is 3. The van der Waals surface area contributed by atoms with Crippen molar-refractivity contribution in [1.82, 2.24) is 14.5 Å². The summed E-state index contributed by atoms with van der Waals surface area (Å²) < 4.78 is 41.4. The van der Waals surface area contributed by atoms with Crippen molar-refractivity contribution in [1.29, 1.82) is 0 Å². The van der Waals surface area contributed by atoms with Crippen LogP contribution in [-0.2, 0) is 6.18 Å². The molecule has 0 aliphatic rings. The number of H-pyrrole nitrogens is 2. The van der Waals surface area contributed by atoms with Crippen LogP contribution in [0.2, 0.25) is 5.02 Å². The molecule has 1 atom stereocenters. The molecule has 12 heteroatoms. The van der Waals surface area contributed by atoms with E-state index in [1.807, 2.05) is 4.98 Å². The lowest BCUT2D eigenvalue weighted by atomic mass is 10.1. The normalized spacial score (nSPS) is 13.0. The van der Waals surface area contributed by atoms with Gasteiger partial charge in [-0.3, -0.25) is 14.6 Å². The number of nitrogens with zero attached hydrogens (tertiary/aromatic N) is 1. The van der Waals surface area contributed by atoms with Gasteiger partial charge in [0.2, 0.25) is 0 Å². The highest BCUT2D eigenvalue weighted by molar-refractivity contribution is 7.99. The first-order chi connectivity index (χ1) is 13.6. The number of alkyl halides is 3. The fourth-order valence-corrected chi connectivity index (χ4v) is 4.32. The van der Waals surface area contributed by atoms with Crippen LogP contribution in [0.15, 0.2) is 49.7 Å². The lowest BCUT2D eigenvalue weighted by Gasteiger charge is -2.19. The van der Waals surface area contributed by atoms with Gasteiger partial charge in [-0.15, -0.1) is 11.8 Å². The van der Waals surface area contributed by atoms with Gasteiger partial charge < -0.3 is 14.7 Å². The number of hydrogen-bond donors (Lipinski definition) is 3. The quantitative estimate of drug-likeness (QED) is 0.520. The van der Waals surface area contributed by atoms with Crippen molar-refractivity contribution in [2.75, 3.05) is 12.4 Å². The van der Waals surface area contributed by atoms with Gasteiger partial charge >= 0.3 is 11.9 Å². The number of thioether (sulfide) groups is 1. The van der Waals surface area contributed by atoms with E-state index >= 15 is 0 Å². The van der Waals surface area contributed by atoms with E-state index in [0.29, 0.717) is 6.07 Å². The maximum Gasteiger partial charge on any atom is 0.417 e. The van der Waals surface area contributed by atoms with Crippen LogP contribution in [0.5, 0.6) is 0 Å². The number of fused-ring (bicyclic) bond motifs is 1. The molecule has 29 heavy (non-hydrogen) atoms. The molecular formula is C17H13ClF3N3O4S. The zero-order valence-corrected chi connectivity index (χ0v) is 16.0. The summed E-state index contributed by atoms with van der Waals surface area (Å²) in [6.45, 7) is -0.470. The molecule has 1 unspecified atom stereocenters. The molecule has 0 saturated heterocycles. The Kier molecular flexibility index (Phi) is 5.92. The van der Waals surface area contributed by atoms with E-state index in [1.54, 1.807) is 6.07 Å². The van der Waals surface area contributed by atoms with E-state index in [0.717, 1.165) is 11.8 Å². The van der Waals surface area contributed by atoms with Gasteiger partial charge in [-0.05, 0) is 12.1 Å². The Labute approximate surface area is 169 Å². The maximum absolute atomic E-state index is 13.4. The number of aliphatic hydroxyl groups is 1. The van der Waals surface area contributed by atoms with Crippen LogP contribution in [-0.4, -0.2) is 32.0 Å². The van der Waals surface area contributed by atoms with E-state index in [-0.39, 0.29) is 21.6 Å². The van der Waals surface area contributed by atoms with E-state index in [9.17, 15) is 32.7 Å². The Balaban J connectivity index is 2.14. The zero-order valence-electron chi connectivity index (χ0n) is 14.4. The van der Waals surface area contributed by atoms with Crippen molar-refractivity contribution in [3.63, 3.8) is 0 Å². The third-order valence-electron chi connectivity index (χ3n) is 4.11. The second-order valence-electron chi connectivity index (χ2n) is 5.99. The summed E-state index contributed by atoms with van der Waals surface area (Å²) in [6.07, 6.45) is -3.40. The summed E-state index contributed by atoms with van der Waals surface area (Å²) in [5, 5.41) is 8.56. The van der Waals surface area contributed by atoms with Gasteiger partial charge in [0.15, 0.2) is 0 Å². The minimum Gasteiger partial charge on any atom is -0.394 e. The fourth-order valence-electron chi connectivity index (χ4n) is 2.74. The summed E-state index contributed by atoms with van der Waals surface area (Å²) in [5.74, 6) is -0.0502. The van der Waals surface area contributed by atoms with Crippen LogP contribution in [0.1, 0.15) is 11.6 Å². The molecular weight excluding hydrogens is 435 g/mol. The molecule has 7 nitrogen and oxygen atoms in total. The number of hydrogen-bond acceptors (Lipinski definition) is 5. The molecule has 0 aliphatic heterocycles. The molecule has 3 N–H and O–H groups in total. The van der Waals surface area contributed by atoms with Gasteiger partial charge in [-0.2, -0.15) is 13.2 Å². The van der Waals surface area contributed by atoms with Crippen LogP contribution in [0, 0.1) is 0 Å². The molecule has 0 aliphatic carbocycles. The second kappa shape index (κ2) is 8.09. The van der Waals surface area contributed by atoms with Crippen molar-refractivity contribution in [3.8, 4) is 0 Å². The van der Waals surface area contributed by atoms with Crippen molar-refractivity contribution in [2.45, 2.75) is 17.1 Å². The van der Waals surface area contributed by atoms with Crippen molar-refractivity contribution in [3.05, 3.63) is 72.2 Å². The van der Waals surface area contributed by atoms with Crippen molar-refractivity contribution >= 4 is 34.3 Å². The number of nitrogens with one attached hydrogen (secondary N) is 2. The van der Waals surface area contributed by atoms with E-state index in [1.165, 1.54) is 22.9 Å². The van der Waals surface area contributed by atoms with E-state index < -0.39 is 46.2 Å². The predicted octanol–water partition coefficient (Wildman–Crippen LogP) is 2.38. The van der Waals surface area contributed by atoms with E-state index in [2.05, 4.69) is 4.98 Å². The number of pyridine rings is 1. The molecule has 0 radical (unpaired) electrons. The number of halogens is 4. The van der Waals surface area contributed by atoms with Gasteiger partial charge in [0.1, 0.15) is 0 Å². The fraction of sp³-hybridized carbons (Fsp3) is 0.235. The minimum absolute atomic E-state index is 0.0502. The molecule has 0 saturated carbocycles. The molecule has 3 rings (SSSR count). The molecule has 2 heterocycles. The number of aromatic amines is 2. The largest absolute Gasteiger partial charge is 0.417 e. The van der Waals surface area contributed by atoms with E-state index in [4.69, 9.17) is 11.6 Å². The molecule has 154 valence electrons. The first-order valence-corrected chi connectivity index (χ1v) is 9.46. The smallest absolute Gasteiger partial charge is 0.394 e. The monoisotopic (exact) mass is 447 g/mol. The van der Waals surface area contributed by atoms with Crippen molar-refractivity contribution < 1.29 is 18.3 Å². The topological polar surface area (TPSA) is 108 Å². The lowest BCUT2D eigenvalue weighted by molar-refractivity contribution is -0.137. The summed E-state index contributed by atoms with van der Waals surface area (Å²) in [5.41, 5.74) is -3.69. The van der Waals surface area contributed by atoms with Crippen LogP contribution < -0.4 is 16.8 Å². The Morgan fingerprint density at radius 3 is 2.55 bits per heavy atom. The Hall–Kier alpha value is -2.50. The molecule has 0 bridgehead atoms. The maximum atomic E-state index is 13.4. The Bertz CT molecular complexity index is 1240. The predicted molar refractivity (Wildman–Crippen MR) is 103 cm³/mol. The highest BCUT2D eigenvalue weighted by Crippen LogP contribution is 2.43. The average molecular weight is 448 g/mol. The van der Waals surface area contributed by atoms with Crippen LogP contribution in [0.3, 0.4) is 0 Å².